The van der Waals surface area contributed by atoms with E-state index in [4.69, 9.17) is 20.4 Å². The summed E-state index contributed by atoms with van der Waals surface area (Å²) in [5.74, 6) is -1.94. The first kappa shape index (κ1) is 17.7. The van der Waals surface area contributed by atoms with Crippen LogP contribution < -0.4 is 0 Å². The molecule has 0 saturated heterocycles. The fraction of sp³-hybridized carbons (Fsp3) is 0.455. The van der Waals surface area contributed by atoms with Gasteiger partial charge in [-0.05, 0) is 20.3 Å². The van der Waals surface area contributed by atoms with Gasteiger partial charge in [-0.2, -0.15) is 0 Å². The van der Waals surface area contributed by atoms with Crippen molar-refractivity contribution in [2.24, 2.45) is 0 Å². The Kier molecular flexibility index (Phi) is 9.97. The van der Waals surface area contributed by atoms with E-state index in [-0.39, 0.29) is 24.2 Å². The Morgan fingerprint density at radius 3 is 1.88 bits per heavy atom. The van der Waals surface area contributed by atoms with Crippen molar-refractivity contribution in [3.8, 4) is 0 Å². The molecule has 0 rings (SSSR count). The van der Waals surface area contributed by atoms with Crippen LogP contribution in [0.4, 0.5) is 0 Å². The average Bonchev–Trinajstić information content (AvgIpc) is 2.25. The highest BCUT2D eigenvalue weighted by Gasteiger charge is 2.02. The number of carboxylic acids is 2. The van der Waals surface area contributed by atoms with Gasteiger partial charge in [0.25, 0.3) is 0 Å². The van der Waals surface area contributed by atoms with Crippen LogP contribution in [0.5, 0.6) is 0 Å². The van der Waals surface area contributed by atoms with Gasteiger partial charge in [0.05, 0.1) is 12.7 Å². The normalized spacial score (nSPS) is 12.1. The molecule has 0 saturated carbocycles. The second kappa shape index (κ2) is 9.56. The zero-order chi connectivity index (χ0) is 14.0. The molecule has 98 valence electrons. The summed E-state index contributed by atoms with van der Waals surface area (Å²) in [7, 11) is 0. The van der Waals surface area contributed by atoms with Gasteiger partial charge < -0.3 is 20.4 Å². The van der Waals surface area contributed by atoms with Crippen molar-refractivity contribution in [1.29, 1.82) is 0 Å². The molecule has 0 aliphatic rings. The minimum atomic E-state index is -1.00. The third-order valence-electron chi connectivity index (χ3n) is 1.61. The number of aliphatic carboxylic acids is 2. The smallest absolute Gasteiger partial charge is 0.330 e. The molecule has 4 N–H and O–H groups in total. The molecule has 0 aromatic rings. The fourth-order valence-electron chi connectivity index (χ4n) is 0.475. The van der Waals surface area contributed by atoms with Crippen molar-refractivity contribution in [3.63, 3.8) is 0 Å². The van der Waals surface area contributed by atoms with Crippen LogP contribution in [0.25, 0.3) is 0 Å². The van der Waals surface area contributed by atoms with Crippen molar-refractivity contribution in [3.05, 3.63) is 23.8 Å². The zero-order valence-electron chi connectivity index (χ0n) is 9.88. The molecule has 0 bridgehead atoms. The number of aliphatic hydroxyl groups is 2. The Hall–Kier alpha value is -1.66. The summed E-state index contributed by atoms with van der Waals surface area (Å²) in [5, 5.41) is 33.4. The van der Waals surface area contributed by atoms with E-state index in [2.05, 4.69) is 6.58 Å². The summed E-state index contributed by atoms with van der Waals surface area (Å²) in [6.45, 7) is 5.69. The van der Waals surface area contributed by atoms with E-state index in [0.717, 1.165) is 0 Å². The second-order valence-electron chi connectivity index (χ2n) is 3.35. The minimum Gasteiger partial charge on any atom is -0.478 e. The van der Waals surface area contributed by atoms with Gasteiger partial charge in [0.1, 0.15) is 0 Å². The molecule has 1 unspecified atom stereocenters. The molecule has 6 nitrogen and oxygen atoms in total. The van der Waals surface area contributed by atoms with E-state index in [1.54, 1.807) is 0 Å². The first-order valence-electron chi connectivity index (χ1n) is 4.80. The van der Waals surface area contributed by atoms with E-state index in [9.17, 15) is 9.59 Å². The number of hydrogen-bond acceptors (Lipinski definition) is 4. The Bertz CT molecular complexity index is 293. The van der Waals surface area contributed by atoms with Crippen molar-refractivity contribution in [1.82, 2.24) is 0 Å². The van der Waals surface area contributed by atoms with Crippen LogP contribution in [0.1, 0.15) is 20.3 Å². The highest BCUT2D eigenvalue weighted by atomic mass is 16.4. The maximum absolute atomic E-state index is 10.2. The Morgan fingerprint density at radius 1 is 1.24 bits per heavy atom. The molecule has 0 radical (unpaired) electrons. The van der Waals surface area contributed by atoms with Crippen LogP contribution in [0.3, 0.4) is 0 Å². The topological polar surface area (TPSA) is 115 Å². The van der Waals surface area contributed by atoms with Crippen molar-refractivity contribution < 1.29 is 30.0 Å². The molecular weight excluding hydrogens is 228 g/mol. The SMILES string of the molecule is C=C(C)C(=O)O.CC(=CCC(O)CO)C(=O)O. The van der Waals surface area contributed by atoms with Gasteiger partial charge in [-0.1, -0.05) is 12.7 Å². The molecular formula is C11H18O6. The third kappa shape index (κ3) is 12.3. The summed E-state index contributed by atoms with van der Waals surface area (Å²) in [5.41, 5.74) is 0.354. The Balaban J connectivity index is 0. The lowest BCUT2D eigenvalue weighted by atomic mass is 10.2. The van der Waals surface area contributed by atoms with Gasteiger partial charge in [0.15, 0.2) is 0 Å². The van der Waals surface area contributed by atoms with Crippen molar-refractivity contribution in [2.45, 2.75) is 26.4 Å². The summed E-state index contributed by atoms with van der Waals surface area (Å²) in [6, 6.07) is 0. The molecule has 17 heavy (non-hydrogen) atoms. The molecule has 0 aliphatic carbocycles. The maximum Gasteiger partial charge on any atom is 0.330 e. The number of hydrogen-bond donors (Lipinski definition) is 4. The average molecular weight is 246 g/mol. The number of carbonyl (C=O) groups is 2. The molecule has 0 spiro atoms. The molecule has 0 heterocycles. The number of carboxylic acid groups (broad SMARTS) is 2. The molecule has 0 aliphatic heterocycles. The van der Waals surface area contributed by atoms with Crippen LogP contribution in [0, 0.1) is 0 Å². The summed E-state index contributed by atoms with van der Waals surface area (Å²) in [6.07, 6.45) is 0.696. The van der Waals surface area contributed by atoms with E-state index < -0.39 is 18.0 Å². The second-order valence-corrected chi connectivity index (χ2v) is 3.35. The van der Waals surface area contributed by atoms with E-state index in [0.29, 0.717) is 0 Å². The highest BCUT2D eigenvalue weighted by molar-refractivity contribution is 5.85. The predicted molar refractivity (Wildman–Crippen MR) is 61.6 cm³/mol. The molecule has 0 aromatic heterocycles. The van der Waals surface area contributed by atoms with Crippen molar-refractivity contribution >= 4 is 11.9 Å². The largest absolute Gasteiger partial charge is 0.478 e. The number of rotatable bonds is 5. The first-order chi connectivity index (χ1) is 7.72. The highest BCUT2D eigenvalue weighted by Crippen LogP contribution is 1.98. The van der Waals surface area contributed by atoms with Crippen molar-refractivity contribution in [2.75, 3.05) is 6.61 Å². The lowest BCUT2D eigenvalue weighted by Gasteiger charge is -2.01. The van der Waals surface area contributed by atoms with Gasteiger partial charge in [-0.15, -0.1) is 0 Å². The summed E-state index contributed by atoms with van der Waals surface area (Å²) in [4.78, 5) is 19.8. The molecule has 6 heteroatoms. The van der Waals surface area contributed by atoms with E-state index in [1.807, 2.05) is 0 Å². The maximum atomic E-state index is 10.2. The van der Waals surface area contributed by atoms with Crippen LogP contribution in [-0.2, 0) is 9.59 Å². The van der Waals surface area contributed by atoms with E-state index >= 15 is 0 Å². The van der Waals surface area contributed by atoms with Gasteiger partial charge >= 0.3 is 11.9 Å². The predicted octanol–water partition coefficient (Wildman–Crippen LogP) is 0.408. The third-order valence-corrected chi connectivity index (χ3v) is 1.61. The quantitative estimate of drug-likeness (QED) is 0.522. The Labute approximate surface area is 99.5 Å². The Morgan fingerprint density at radius 2 is 1.65 bits per heavy atom. The van der Waals surface area contributed by atoms with Crippen LogP contribution >= 0.6 is 0 Å². The summed E-state index contributed by atoms with van der Waals surface area (Å²) >= 11 is 0. The fourth-order valence-corrected chi connectivity index (χ4v) is 0.475. The van der Waals surface area contributed by atoms with Gasteiger partial charge in [0.2, 0.25) is 0 Å². The lowest BCUT2D eigenvalue weighted by molar-refractivity contribution is -0.133. The van der Waals surface area contributed by atoms with Gasteiger partial charge in [0, 0.05) is 11.1 Å². The first-order valence-corrected chi connectivity index (χ1v) is 4.80. The molecule has 0 aromatic carbocycles. The van der Waals surface area contributed by atoms with Crippen LogP contribution in [0.15, 0.2) is 23.8 Å². The lowest BCUT2D eigenvalue weighted by Crippen LogP contribution is -2.10. The minimum absolute atomic E-state index is 0.175. The molecule has 0 amide bonds. The monoisotopic (exact) mass is 246 g/mol. The van der Waals surface area contributed by atoms with E-state index in [1.165, 1.54) is 19.9 Å². The molecule has 1 atom stereocenters. The molecule has 0 fully saturated rings. The van der Waals surface area contributed by atoms with Crippen LogP contribution in [0.2, 0.25) is 0 Å². The zero-order valence-corrected chi connectivity index (χ0v) is 9.88. The standard InChI is InChI=1S/C7H12O4.C4H6O2/c1-5(7(10)11)2-3-6(9)4-8;1-3(2)4(5)6/h2,6,8-9H,3-4H2,1H3,(H,10,11);1H2,2H3,(H,5,6). The van der Waals surface area contributed by atoms with Gasteiger partial charge in [-0.25, -0.2) is 9.59 Å². The number of aliphatic hydroxyl groups excluding tert-OH is 2. The summed E-state index contributed by atoms with van der Waals surface area (Å²) < 4.78 is 0. The van der Waals surface area contributed by atoms with Crippen LogP contribution in [-0.4, -0.2) is 45.1 Å². The van der Waals surface area contributed by atoms with Gasteiger partial charge in [-0.3, -0.25) is 0 Å².